The molecule has 2 aromatic carbocycles. The predicted octanol–water partition coefficient (Wildman–Crippen LogP) is 6.81. The quantitative estimate of drug-likeness (QED) is 0.400. The summed E-state index contributed by atoms with van der Waals surface area (Å²) in [5.74, 6) is 2.39. The summed E-state index contributed by atoms with van der Waals surface area (Å²) in [4.78, 5) is 13.3. The standard InChI is InChI=1S/C27H39O3P/c1-17(2)15-29-22-10-11-24(23(14-22)30-16-18(3)4)31-26(28)25-19(5)12-21(13-20(25)6)27(7,8)9/h10-14,17-18,31H,15-16H2,1-9H3. The Hall–Kier alpha value is -1.86. The second-order valence-electron chi connectivity index (χ2n) is 10.3. The molecule has 0 spiro atoms. The van der Waals surface area contributed by atoms with Crippen LogP contribution in [-0.2, 0) is 5.41 Å². The summed E-state index contributed by atoms with van der Waals surface area (Å²) >= 11 is 0. The summed E-state index contributed by atoms with van der Waals surface area (Å²) < 4.78 is 12.0. The van der Waals surface area contributed by atoms with Crippen molar-refractivity contribution in [1.29, 1.82) is 0 Å². The second-order valence-corrected chi connectivity index (χ2v) is 11.5. The zero-order valence-electron chi connectivity index (χ0n) is 20.7. The molecule has 0 bridgehead atoms. The van der Waals surface area contributed by atoms with Crippen molar-refractivity contribution in [2.75, 3.05) is 13.2 Å². The molecule has 1 unspecified atom stereocenters. The summed E-state index contributed by atoms with van der Waals surface area (Å²) in [6.07, 6.45) is 0. The van der Waals surface area contributed by atoms with E-state index in [1.165, 1.54) is 5.56 Å². The largest absolute Gasteiger partial charge is 0.493 e. The highest BCUT2D eigenvalue weighted by molar-refractivity contribution is 7.66. The van der Waals surface area contributed by atoms with E-state index in [2.05, 4.69) is 60.6 Å². The van der Waals surface area contributed by atoms with E-state index >= 15 is 0 Å². The maximum Gasteiger partial charge on any atom is 0.186 e. The third-order valence-corrected chi connectivity index (χ3v) is 6.14. The summed E-state index contributed by atoms with van der Waals surface area (Å²) in [6.45, 7) is 20.4. The fourth-order valence-electron chi connectivity index (χ4n) is 3.27. The highest BCUT2D eigenvalue weighted by atomic mass is 31.1. The lowest BCUT2D eigenvalue weighted by molar-refractivity contribution is 0.108. The van der Waals surface area contributed by atoms with Crippen molar-refractivity contribution in [3.63, 3.8) is 0 Å². The lowest BCUT2D eigenvalue weighted by Gasteiger charge is -2.22. The lowest BCUT2D eigenvalue weighted by atomic mass is 9.84. The molecule has 31 heavy (non-hydrogen) atoms. The average molecular weight is 443 g/mol. The van der Waals surface area contributed by atoms with E-state index in [0.717, 1.165) is 33.5 Å². The van der Waals surface area contributed by atoms with Gasteiger partial charge in [0.2, 0.25) is 0 Å². The van der Waals surface area contributed by atoms with Gasteiger partial charge in [-0.2, -0.15) is 0 Å². The normalized spacial score (nSPS) is 12.2. The molecule has 0 aliphatic rings. The fourth-order valence-corrected chi connectivity index (χ4v) is 4.47. The van der Waals surface area contributed by atoms with Crippen LogP contribution >= 0.6 is 8.58 Å². The molecule has 0 aliphatic heterocycles. The van der Waals surface area contributed by atoms with Crippen LogP contribution in [0.4, 0.5) is 0 Å². The first-order chi connectivity index (χ1) is 14.4. The SMILES string of the molecule is Cc1cc(C(C)(C)C)cc(C)c1C(=O)Pc1ccc(OCC(C)C)cc1OCC(C)C. The minimum atomic E-state index is 0.00847. The molecular formula is C27H39O3P. The molecule has 0 amide bonds. The molecule has 0 N–H and O–H groups in total. The van der Waals surface area contributed by atoms with E-state index < -0.39 is 0 Å². The van der Waals surface area contributed by atoms with Gasteiger partial charge in [-0.1, -0.05) is 60.6 Å². The van der Waals surface area contributed by atoms with Gasteiger partial charge in [0.05, 0.1) is 13.2 Å². The number of hydrogen-bond donors (Lipinski definition) is 0. The van der Waals surface area contributed by atoms with Crippen molar-refractivity contribution in [3.05, 3.63) is 52.6 Å². The molecule has 4 heteroatoms. The molecule has 1 atom stereocenters. The van der Waals surface area contributed by atoms with Gasteiger partial charge in [0.25, 0.3) is 0 Å². The first-order valence-corrected chi connectivity index (χ1v) is 12.2. The van der Waals surface area contributed by atoms with Crippen LogP contribution in [0.25, 0.3) is 0 Å². The maximum atomic E-state index is 13.3. The van der Waals surface area contributed by atoms with Crippen LogP contribution in [0.2, 0.25) is 0 Å². The van der Waals surface area contributed by atoms with Crippen LogP contribution < -0.4 is 14.8 Å². The van der Waals surface area contributed by atoms with E-state index in [4.69, 9.17) is 9.47 Å². The Balaban J connectivity index is 2.32. The van der Waals surface area contributed by atoms with Crippen molar-refractivity contribution >= 4 is 19.4 Å². The Labute approximate surface area is 190 Å². The number of rotatable bonds is 9. The average Bonchev–Trinajstić information content (AvgIpc) is 2.64. The van der Waals surface area contributed by atoms with E-state index in [1.54, 1.807) is 0 Å². The molecule has 0 saturated heterocycles. The molecule has 170 valence electrons. The van der Waals surface area contributed by atoms with Crippen LogP contribution in [0.5, 0.6) is 11.5 Å². The first-order valence-electron chi connectivity index (χ1n) is 11.2. The first kappa shape index (κ1) is 25.4. The number of benzene rings is 2. The van der Waals surface area contributed by atoms with Gasteiger partial charge in [-0.3, -0.25) is 4.79 Å². The Kier molecular flexibility index (Phi) is 8.72. The van der Waals surface area contributed by atoms with Gasteiger partial charge in [0, 0.05) is 16.9 Å². The van der Waals surface area contributed by atoms with Gasteiger partial charge in [-0.25, -0.2) is 0 Å². The Morgan fingerprint density at radius 1 is 0.903 bits per heavy atom. The third-order valence-electron chi connectivity index (χ3n) is 4.98. The molecule has 3 nitrogen and oxygen atoms in total. The number of ether oxygens (including phenoxy) is 2. The highest BCUT2D eigenvalue weighted by Crippen LogP contribution is 2.32. The highest BCUT2D eigenvalue weighted by Gasteiger charge is 2.21. The summed E-state index contributed by atoms with van der Waals surface area (Å²) in [7, 11) is 0.00847. The maximum absolute atomic E-state index is 13.3. The van der Waals surface area contributed by atoms with Gasteiger partial charge in [-0.15, -0.1) is 0 Å². The minimum Gasteiger partial charge on any atom is -0.493 e. The van der Waals surface area contributed by atoms with Gasteiger partial charge in [0.15, 0.2) is 5.52 Å². The summed E-state index contributed by atoms with van der Waals surface area (Å²) in [5, 5.41) is 0.932. The third kappa shape index (κ3) is 7.35. The molecule has 0 aliphatic carbocycles. The molecule has 0 fully saturated rings. The van der Waals surface area contributed by atoms with E-state index in [-0.39, 0.29) is 19.5 Å². The number of aryl methyl sites for hydroxylation is 2. The fraction of sp³-hybridized carbons (Fsp3) is 0.519. The topological polar surface area (TPSA) is 35.5 Å². The molecule has 0 heterocycles. The van der Waals surface area contributed by atoms with Crippen LogP contribution in [-0.4, -0.2) is 18.7 Å². The molecule has 0 radical (unpaired) electrons. The van der Waals surface area contributed by atoms with Crippen molar-refractivity contribution in [2.45, 2.75) is 67.7 Å². The van der Waals surface area contributed by atoms with Crippen molar-refractivity contribution in [1.82, 2.24) is 0 Å². The Morgan fingerprint density at radius 3 is 1.97 bits per heavy atom. The van der Waals surface area contributed by atoms with Crippen molar-refractivity contribution < 1.29 is 14.3 Å². The van der Waals surface area contributed by atoms with Crippen LogP contribution in [0.1, 0.15) is 75.5 Å². The number of carbonyl (C=O) groups excluding carboxylic acids is 1. The summed E-state index contributed by atoms with van der Waals surface area (Å²) in [5.41, 5.74) is 4.40. The van der Waals surface area contributed by atoms with E-state index in [9.17, 15) is 4.79 Å². The number of hydrogen-bond acceptors (Lipinski definition) is 3. The zero-order chi connectivity index (χ0) is 23.3. The minimum absolute atomic E-state index is 0.00847. The monoisotopic (exact) mass is 442 g/mol. The molecular weight excluding hydrogens is 403 g/mol. The second kappa shape index (κ2) is 10.6. The van der Waals surface area contributed by atoms with Gasteiger partial charge < -0.3 is 9.47 Å². The van der Waals surface area contributed by atoms with Crippen LogP contribution in [0, 0.1) is 25.7 Å². The van der Waals surface area contributed by atoms with Crippen LogP contribution in [0.3, 0.4) is 0 Å². The van der Waals surface area contributed by atoms with Crippen molar-refractivity contribution in [3.8, 4) is 11.5 Å². The smallest absolute Gasteiger partial charge is 0.186 e. The Bertz CT molecular complexity index is 884. The molecule has 2 aromatic rings. The van der Waals surface area contributed by atoms with Crippen LogP contribution in [0.15, 0.2) is 30.3 Å². The molecule has 0 saturated carbocycles. The lowest BCUT2D eigenvalue weighted by Crippen LogP contribution is -2.15. The molecule has 0 aromatic heterocycles. The Morgan fingerprint density at radius 2 is 1.45 bits per heavy atom. The van der Waals surface area contributed by atoms with E-state index in [0.29, 0.717) is 25.0 Å². The zero-order valence-corrected chi connectivity index (χ0v) is 21.7. The molecule has 2 rings (SSSR count). The summed E-state index contributed by atoms with van der Waals surface area (Å²) in [6, 6.07) is 10.2. The van der Waals surface area contributed by atoms with Gasteiger partial charge in [0.1, 0.15) is 11.5 Å². The van der Waals surface area contributed by atoms with Gasteiger partial charge in [-0.05, 0) is 68.5 Å². The predicted molar refractivity (Wildman–Crippen MR) is 134 cm³/mol. The number of carbonyl (C=O) groups is 1. The van der Waals surface area contributed by atoms with Gasteiger partial charge >= 0.3 is 0 Å². The van der Waals surface area contributed by atoms with E-state index in [1.807, 2.05) is 32.0 Å². The van der Waals surface area contributed by atoms with Crippen molar-refractivity contribution in [2.24, 2.45) is 11.8 Å².